The molecule has 7 heteroatoms. The molecular formula is C12H11N5OS. The van der Waals surface area contributed by atoms with Crippen LogP contribution in [0.15, 0.2) is 36.5 Å². The lowest BCUT2D eigenvalue weighted by atomic mass is 10.2. The van der Waals surface area contributed by atoms with Gasteiger partial charge in [0.15, 0.2) is 5.01 Å². The Hall–Kier alpha value is -2.25. The fraction of sp³-hybridized carbons (Fsp3) is 0.0833. The van der Waals surface area contributed by atoms with E-state index in [4.69, 9.17) is 10.6 Å². The van der Waals surface area contributed by atoms with Crippen LogP contribution in [0.25, 0.3) is 10.9 Å². The average molecular weight is 273 g/mol. The molecule has 0 fully saturated rings. The molecule has 0 atom stereocenters. The number of anilines is 1. The van der Waals surface area contributed by atoms with Gasteiger partial charge in [0.2, 0.25) is 5.13 Å². The Morgan fingerprint density at radius 3 is 3.00 bits per heavy atom. The van der Waals surface area contributed by atoms with Crippen LogP contribution in [0.4, 0.5) is 5.13 Å². The van der Waals surface area contributed by atoms with E-state index >= 15 is 0 Å². The van der Waals surface area contributed by atoms with Gasteiger partial charge in [-0.15, -0.1) is 10.2 Å². The highest BCUT2D eigenvalue weighted by molar-refractivity contribution is 7.15. The van der Waals surface area contributed by atoms with E-state index in [0.717, 1.165) is 21.7 Å². The molecule has 0 radical (unpaired) electrons. The normalized spacial score (nSPS) is 10.6. The largest absolute Gasteiger partial charge is 0.486 e. The van der Waals surface area contributed by atoms with Crippen LogP contribution in [0.2, 0.25) is 0 Å². The molecule has 0 unspecified atom stereocenters. The number of rotatable bonds is 4. The van der Waals surface area contributed by atoms with E-state index in [0.29, 0.717) is 11.7 Å². The van der Waals surface area contributed by atoms with Gasteiger partial charge in [-0.25, -0.2) is 5.84 Å². The number of aromatic nitrogens is 3. The highest BCUT2D eigenvalue weighted by atomic mass is 32.1. The summed E-state index contributed by atoms with van der Waals surface area (Å²) >= 11 is 1.36. The molecule has 19 heavy (non-hydrogen) atoms. The molecule has 6 nitrogen and oxygen atoms in total. The molecular weight excluding hydrogens is 262 g/mol. The molecule has 3 aromatic rings. The van der Waals surface area contributed by atoms with Crippen molar-refractivity contribution in [2.45, 2.75) is 6.61 Å². The molecule has 0 aliphatic heterocycles. The molecule has 0 aliphatic rings. The number of nitrogens with zero attached hydrogens (tertiary/aromatic N) is 3. The number of nitrogens with one attached hydrogen (secondary N) is 1. The number of fused-ring (bicyclic) bond motifs is 1. The van der Waals surface area contributed by atoms with E-state index in [1.54, 1.807) is 6.20 Å². The van der Waals surface area contributed by atoms with E-state index in [9.17, 15) is 0 Å². The Balaban J connectivity index is 1.81. The predicted molar refractivity (Wildman–Crippen MR) is 73.8 cm³/mol. The smallest absolute Gasteiger partial charge is 0.219 e. The number of hydrazine groups is 1. The Kier molecular flexibility index (Phi) is 3.21. The Bertz CT molecular complexity index is 694. The van der Waals surface area contributed by atoms with Gasteiger partial charge in [0.25, 0.3) is 0 Å². The molecule has 96 valence electrons. The average Bonchev–Trinajstić information content (AvgIpc) is 2.93. The van der Waals surface area contributed by atoms with Crippen LogP contribution in [0.5, 0.6) is 5.75 Å². The molecule has 2 heterocycles. The second kappa shape index (κ2) is 5.17. The highest BCUT2D eigenvalue weighted by Crippen LogP contribution is 2.25. The Morgan fingerprint density at radius 2 is 2.16 bits per heavy atom. The number of benzene rings is 1. The van der Waals surface area contributed by atoms with Crippen molar-refractivity contribution in [2.75, 3.05) is 5.43 Å². The first kappa shape index (κ1) is 11.8. The molecule has 0 spiro atoms. The topological polar surface area (TPSA) is 86.0 Å². The number of nitrogen functional groups attached to an aromatic ring is 1. The second-order valence-electron chi connectivity index (χ2n) is 3.76. The van der Waals surface area contributed by atoms with Crippen LogP contribution in [0.1, 0.15) is 5.01 Å². The zero-order chi connectivity index (χ0) is 13.1. The SMILES string of the molecule is NNc1nnc(COc2cccc3ncccc23)s1. The minimum absolute atomic E-state index is 0.355. The lowest BCUT2D eigenvalue weighted by Crippen LogP contribution is -2.05. The van der Waals surface area contributed by atoms with Crippen LogP contribution in [-0.4, -0.2) is 15.2 Å². The maximum Gasteiger partial charge on any atom is 0.219 e. The number of hydrogen-bond donors (Lipinski definition) is 2. The van der Waals surface area contributed by atoms with Crippen LogP contribution in [0.3, 0.4) is 0 Å². The molecule has 0 amide bonds. The Labute approximate surface area is 113 Å². The lowest BCUT2D eigenvalue weighted by Gasteiger charge is -2.06. The molecule has 0 aliphatic carbocycles. The fourth-order valence-electron chi connectivity index (χ4n) is 1.71. The van der Waals surface area contributed by atoms with Crippen molar-refractivity contribution in [1.82, 2.24) is 15.2 Å². The molecule has 3 rings (SSSR count). The monoisotopic (exact) mass is 273 g/mol. The summed E-state index contributed by atoms with van der Waals surface area (Å²) in [4.78, 5) is 4.28. The molecule has 0 bridgehead atoms. The summed E-state index contributed by atoms with van der Waals surface area (Å²) in [6.07, 6.45) is 1.76. The number of nitrogens with two attached hydrogens (primary N) is 1. The van der Waals surface area contributed by atoms with Crippen LogP contribution in [-0.2, 0) is 6.61 Å². The summed E-state index contributed by atoms with van der Waals surface area (Å²) in [5.41, 5.74) is 3.36. The van der Waals surface area contributed by atoms with Gasteiger partial charge in [0.1, 0.15) is 12.4 Å². The maximum absolute atomic E-state index is 5.76. The number of hydrogen-bond acceptors (Lipinski definition) is 7. The van der Waals surface area contributed by atoms with Crippen molar-refractivity contribution in [1.29, 1.82) is 0 Å². The first-order chi connectivity index (χ1) is 9.36. The standard InChI is InChI=1S/C12H11N5OS/c13-15-12-17-16-11(19-12)7-18-10-5-1-4-9-8(10)3-2-6-14-9/h1-6H,7,13H2,(H,15,17). The molecule has 3 N–H and O–H groups in total. The van der Waals surface area contributed by atoms with Crippen molar-refractivity contribution in [3.8, 4) is 5.75 Å². The van der Waals surface area contributed by atoms with Crippen molar-refractivity contribution >= 4 is 27.4 Å². The third kappa shape index (κ3) is 2.47. The van der Waals surface area contributed by atoms with Gasteiger partial charge in [-0.05, 0) is 24.3 Å². The van der Waals surface area contributed by atoms with Crippen LogP contribution >= 0.6 is 11.3 Å². The van der Waals surface area contributed by atoms with E-state index in [2.05, 4.69) is 20.6 Å². The van der Waals surface area contributed by atoms with Crippen molar-refractivity contribution in [3.05, 3.63) is 41.5 Å². The third-order valence-corrected chi connectivity index (χ3v) is 3.38. The van der Waals surface area contributed by atoms with Gasteiger partial charge in [-0.1, -0.05) is 17.4 Å². The minimum Gasteiger partial charge on any atom is -0.486 e. The second-order valence-corrected chi connectivity index (χ2v) is 4.82. The summed E-state index contributed by atoms with van der Waals surface area (Å²) in [5, 5.41) is 10.1. The lowest BCUT2D eigenvalue weighted by molar-refractivity contribution is 0.308. The maximum atomic E-state index is 5.76. The zero-order valence-electron chi connectivity index (χ0n) is 9.91. The third-order valence-electron chi connectivity index (χ3n) is 2.55. The fourth-order valence-corrected chi connectivity index (χ4v) is 2.27. The van der Waals surface area contributed by atoms with Crippen molar-refractivity contribution in [2.24, 2.45) is 5.84 Å². The highest BCUT2D eigenvalue weighted by Gasteiger charge is 2.06. The van der Waals surface area contributed by atoms with E-state index in [1.165, 1.54) is 11.3 Å². The van der Waals surface area contributed by atoms with Crippen LogP contribution < -0.4 is 16.0 Å². The first-order valence-electron chi connectivity index (χ1n) is 5.62. The summed E-state index contributed by atoms with van der Waals surface area (Å²) in [5.74, 6) is 6.03. The molecule has 1 aromatic carbocycles. The van der Waals surface area contributed by atoms with E-state index in [1.807, 2.05) is 30.3 Å². The number of ether oxygens (including phenoxy) is 1. The number of pyridine rings is 1. The van der Waals surface area contributed by atoms with Gasteiger partial charge in [-0.3, -0.25) is 10.4 Å². The van der Waals surface area contributed by atoms with Gasteiger partial charge in [0, 0.05) is 11.6 Å². The molecule has 0 saturated carbocycles. The summed E-state index contributed by atoms with van der Waals surface area (Å²) in [7, 11) is 0. The summed E-state index contributed by atoms with van der Waals surface area (Å²) < 4.78 is 5.76. The molecule has 0 saturated heterocycles. The van der Waals surface area contributed by atoms with Crippen molar-refractivity contribution in [3.63, 3.8) is 0 Å². The van der Waals surface area contributed by atoms with Crippen molar-refractivity contribution < 1.29 is 4.74 Å². The molecule has 2 aromatic heterocycles. The van der Waals surface area contributed by atoms with Gasteiger partial charge < -0.3 is 4.74 Å². The predicted octanol–water partition coefficient (Wildman–Crippen LogP) is 1.95. The minimum atomic E-state index is 0.355. The van der Waals surface area contributed by atoms with Crippen LogP contribution in [0, 0.1) is 0 Å². The van der Waals surface area contributed by atoms with Gasteiger partial charge in [-0.2, -0.15) is 0 Å². The zero-order valence-corrected chi connectivity index (χ0v) is 10.7. The first-order valence-corrected chi connectivity index (χ1v) is 6.44. The summed E-state index contributed by atoms with van der Waals surface area (Å²) in [6.45, 7) is 0.355. The quantitative estimate of drug-likeness (QED) is 0.558. The summed E-state index contributed by atoms with van der Waals surface area (Å²) in [6, 6.07) is 9.63. The van der Waals surface area contributed by atoms with E-state index < -0.39 is 0 Å². The van der Waals surface area contributed by atoms with E-state index in [-0.39, 0.29) is 0 Å². The van der Waals surface area contributed by atoms with Gasteiger partial charge in [0.05, 0.1) is 5.52 Å². The van der Waals surface area contributed by atoms with Gasteiger partial charge >= 0.3 is 0 Å². The Morgan fingerprint density at radius 1 is 1.21 bits per heavy atom.